The summed E-state index contributed by atoms with van der Waals surface area (Å²) in [6, 6.07) is 3.65. The lowest BCUT2D eigenvalue weighted by Crippen LogP contribution is -2.41. The van der Waals surface area contributed by atoms with Crippen molar-refractivity contribution in [3.8, 4) is 17.1 Å². The van der Waals surface area contributed by atoms with Crippen molar-refractivity contribution in [2.75, 3.05) is 32.9 Å². The van der Waals surface area contributed by atoms with Crippen LogP contribution in [-0.2, 0) is 4.74 Å². The molecule has 1 aliphatic heterocycles. The Balaban J connectivity index is 1.89. The third kappa shape index (κ3) is 3.45. The highest BCUT2D eigenvalue weighted by molar-refractivity contribution is 5.92. The van der Waals surface area contributed by atoms with Crippen LogP contribution in [0.1, 0.15) is 17.4 Å². The first kappa shape index (κ1) is 15.4. The Morgan fingerprint density at radius 1 is 1.35 bits per heavy atom. The van der Waals surface area contributed by atoms with Gasteiger partial charge in [0.1, 0.15) is 5.69 Å². The van der Waals surface area contributed by atoms with Crippen LogP contribution < -0.4 is 4.74 Å². The zero-order chi connectivity index (χ0) is 16.1. The van der Waals surface area contributed by atoms with Crippen LogP contribution in [-0.4, -0.2) is 58.7 Å². The van der Waals surface area contributed by atoms with Crippen LogP contribution in [0, 0.1) is 0 Å². The summed E-state index contributed by atoms with van der Waals surface area (Å²) in [6.45, 7) is 4.64. The van der Waals surface area contributed by atoms with E-state index in [9.17, 15) is 4.79 Å². The number of carbonyl (C=O) groups is 1. The lowest BCUT2D eigenvalue weighted by Gasteiger charge is -2.26. The molecule has 0 aromatic carbocycles. The molecule has 1 amide bonds. The molecule has 0 radical (unpaired) electrons. The van der Waals surface area contributed by atoms with Gasteiger partial charge in [-0.25, -0.2) is 9.97 Å². The molecule has 0 bridgehead atoms. The highest BCUT2D eigenvalue weighted by Gasteiger charge is 2.21. The molecule has 0 unspecified atom stereocenters. The summed E-state index contributed by atoms with van der Waals surface area (Å²) >= 11 is 0. The van der Waals surface area contributed by atoms with Crippen molar-refractivity contribution in [2.45, 2.75) is 6.92 Å². The molecular weight excluding hydrogens is 296 g/mol. The van der Waals surface area contributed by atoms with Gasteiger partial charge in [-0.2, -0.15) is 0 Å². The Kier molecular flexibility index (Phi) is 4.77. The van der Waals surface area contributed by atoms with E-state index in [0.717, 1.165) is 5.56 Å². The summed E-state index contributed by atoms with van der Waals surface area (Å²) in [4.78, 5) is 27.0. The second kappa shape index (κ2) is 7.15. The van der Waals surface area contributed by atoms with Gasteiger partial charge in [0.15, 0.2) is 0 Å². The number of morpholine rings is 1. The van der Waals surface area contributed by atoms with Gasteiger partial charge in [0, 0.05) is 19.3 Å². The number of amides is 1. The highest BCUT2D eigenvalue weighted by atomic mass is 16.5. The Labute approximate surface area is 134 Å². The second-order valence-electron chi connectivity index (χ2n) is 4.98. The molecule has 3 rings (SSSR count). The van der Waals surface area contributed by atoms with Crippen molar-refractivity contribution in [3.05, 3.63) is 36.4 Å². The number of hydrogen-bond donors (Lipinski definition) is 0. The van der Waals surface area contributed by atoms with Gasteiger partial charge in [-0.1, -0.05) is 0 Å². The SMILES string of the molecule is CCOc1ncccc1-c1cncc(C(=O)N2CCOCC2)n1. The van der Waals surface area contributed by atoms with Gasteiger partial charge in [-0.3, -0.25) is 9.78 Å². The maximum atomic E-state index is 12.5. The van der Waals surface area contributed by atoms with Crippen LogP contribution >= 0.6 is 0 Å². The van der Waals surface area contributed by atoms with Gasteiger partial charge in [-0.15, -0.1) is 0 Å². The summed E-state index contributed by atoms with van der Waals surface area (Å²) in [5, 5.41) is 0. The molecule has 7 heteroatoms. The topological polar surface area (TPSA) is 77.4 Å². The summed E-state index contributed by atoms with van der Waals surface area (Å²) in [6.07, 6.45) is 4.75. The predicted molar refractivity (Wildman–Crippen MR) is 83.2 cm³/mol. The molecule has 0 saturated carbocycles. The number of ether oxygens (including phenoxy) is 2. The fourth-order valence-electron chi connectivity index (χ4n) is 2.36. The number of hydrogen-bond acceptors (Lipinski definition) is 6. The summed E-state index contributed by atoms with van der Waals surface area (Å²) in [5.41, 5.74) is 1.61. The molecule has 2 aromatic heterocycles. The molecule has 23 heavy (non-hydrogen) atoms. The van der Waals surface area contributed by atoms with E-state index >= 15 is 0 Å². The van der Waals surface area contributed by atoms with Crippen LogP contribution in [0.25, 0.3) is 11.3 Å². The molecule has 7 nitrogen and oxygen atoms in total. The summed E-state index contributed by atoms with van der Waals surface area (Å²) < 4.78 is 10.8. The molecule has 2 aromatic rings. The lowest BCUT2D eigenvalue weighted by molar-refractivity contribution is 0.0299. The first-order chi connectivity index (χ1) is 11.3. The van der Waals surface area contributed by atoms with Crippen molar-refractivity contribution in [3.63, 3.8) is 0 Å². The largest absolute Gasteiger partial charge is 0.477 e. The normalized spacial score (nSPS) is 14.6. The third-order valence-electron chi connectivity index (χ3n) is 3.48. The van der Waals surface area contributed by atoms with Crippen molar-refractivity contribution >= 4 is 5.91 Å². The van der Waals surface area contributed by atoms with E-state index in [2.05, 4.69) is 15.0 Å². The molecular formula is C16H18N4O3. The van der Waals surface area contributed by atoms with Crippen molar-refractivity contribution < 1.29 is 14.3 Å². The van der Waals surface area contributed by atoms with Gasteiger partial charge >= 0.3 is 0 Å². The molecule has 1 fully saturated rings. The van der Waals surface area contributed by atoms with E-state index in [1.54, 1.807) is 23.4 Å². The lowest BCUT2D eigenvalue weighted by atomic mass is 10.2. The zero-order valence-electron chi connectivity index (χ0n) is 12.9. The smallest absolute Gasteiger partial charge is 0.274 e. The Morgan fingerprint density at radius 2 is 2.17 bits per heavy atom. The highest BCUT2D eigenvalue weighted by Crippen LogP contribution is 2.25. The van der Waals surface area contributed by atoms with Crippen LogP contribution in [0.2, 0.25) is 0 Å². The van der Waals surface area contributed by atoms with E-state index < -0.39 is 0 Å². The van der Waals surface area contributed by atoms with Crippen LogP contribution in [0.15, 0.2) is 30.7 Å². The van der Waals surface area contributed by atoms with Crippen LogP contribution in [0.5, 0.6) is 5.88 Å². The van der Waals surface area contributed by atoms with Gasteiger partial charge < -0.3 is 14.4 Å². The van der Waals surface area contributed by atoms with Crippen molar-refractivity contribution in [1.82, 2.24) is 19.9 Å². The minimum atomic E-state index is -0.135. The molecule has 1 saturated heterocycles. The van der Waals surface area contributed by atoms with Gasteiger partial charge in [0.05, 0.1) is 43.5 Å². The molecule has 0 atom stereocenters. The molecule has 0 aliphatic carbocycles. The quantitative estimate of drug-likeness (QED) is 0.849. The number of pyridine rings is 1. The van der Waals surface area contributed by atoms with Crippen molar-refractivity contribution in [1.29, 1.82) is 0 Å². The van der Waals surface area contributed by atoms with Gasteiger partial charge in [0.2, 0.25) is 5.88 Å². The van der Waals surface area contributed by atoms with Gasteiger partial charge in [-0.05, 0) is 19.1 Å². The minimum absolute atomic E-state index is 0.135. The summed E-state index contributed by atoms with van der Waals surface area (Å²) in [7, 11) is 0. The maximum absolute atomic E-state index is 12.5. The fraction of sp³-hybridized carbons (Fsp3) is 0.375. The van der Waals surface area contributed by atoms with Gasteiger partial charge in [0.25, 0.3) is 5.91 Å². The molecule has 1 aliphatic rings. The average molecular weight is 314 g/mol. The van der Waals surface area contributed by atoms with Crippen LogP contribution in [0.4, 0.5) is 0 Å². The van der Waals surface area contributed by atoms with E-state index in [0.29, 0.717) is 50.2 Å². The molecule has 120 valence electrons. The van der Waals surface area contributed by atoms with E-state index in [4.69, 9.17) is 9.47 Å². The third-order valence-corrected chi connectivity index (χ3v) is 3.48. The molecule has 0 N–H and O–H groups in total. The monoisotopic (exact) mass is 314 g/mol. The number of aromatic nitrogens is 3. The number of nitrogens with zero attached hydrogens (tertiary/aromatic N) is 4. The Hall–Kier alpha value is -2.54. The van der Waals surface area contributed by atoms with E-state index in [-0.39, 0.29) is 5.91 Å². The predicted octanol–water partition coefficient (Wildman–Crippen LogP) is 1.41. The van der Waals surface area contributed by atoms with E-state index in [1.807, 2.05) is 13.0 Å². The Bertz CT molecular complexity index is 687. The van der Waals surface area contributed by atoms with Crippen LogP contribution in [0.3, 0.4) is 0 Å². The molecule has 3 heterocycles. The fourth-order valence-corrected chi connectivity index (χ4v) is 2.36. The second-order valence-corrected chi connectivity index (χ2v) is 4.98. The van der Waals surface area contributed by atoms with E-state index in [1.165, 1.54) is 6.20 Å². The number of carbonyl (C=O) groups excluding carboxylic acids is 1. The van der Waals surface area contributed by atoms with Crippen molar-refractivity contribution in [2.24, 2.45) is 0 Å². The first-order valence-electron chi connectivity index (χ1n) is 7.57. The average Bonchev–Trinajstić information content (AvgIpc) is 2.63. The maximum Gasteiger partial charge on any atom is 0.274 e. The first-order valence-corrected chi connectivity index (χ1v) is 7.57. The summed E-state index contributed by atoms with van der Waals surface area (Å²) in [5.74, 6) is 0.352. The standard InChI is InChI=1S/C16H18N4O3/c1-2-23-15-12(4-3-5-18-15)13-10-17-11-14(19-13)16(21)20-6-8-22-9-7-20/h3-5,10-11H,2,6-9H2,1H3. The molecule has 0 spiro atoms. The minimum Gasteiger partial charge on any atom is -0.477 e. The zero-order valence-corrected chi connectivity index (χ0v) is 12.9. The number of rotatable bonds is 4. The Morgan fingerprint density at radius 3 is 2.96 bits per heavy atom.